The van der Waals surface area contributed by atoms with Crippen molar-refractivity contribution in [3.8, 4) is 0 Å². The van der Waals surface area contributed by atoms with Crippen molar-refractivity contribution in [3.05, 3.63) is 28.6 Å². The van der Waals surface area contributed by atoms with Crippen LogP contribution in [0.1, 0.15) is 12.0 Å². The Morgan fingerprint density at radius 1 is 1.47 bits per heavy atom. The Hall–Kier alpha value is -1.01. The molecule has 0 saturated heterocycles. The Balaban J connectivity index is 2.18. The van der Waals surface area contributed by atoms with Crippen LogP contribution in [-0.4, -0.2) is 17.0 Å². The summed E-state index contributed by atoms with van der Waals surface area (Å²) >= 11 is 1.40. The number of nitrogens with one attached hydrogen (secondary N) is 1. The van der Waals surface area contributed by atoms with E-state index in [1.807, 2.05) is 5.32 Å². The van der Waals surface area contributed by atoms with Gasteiger partial charge in [-0.2, -0.15) is 24.5 Å². The highest BCUT2D eigenvalue weighted by Crippen LogP contribution is 2.39. The third-order valence-corrected chi connectivity index (χ3v) is 2.98. The molecule has 2 heterocycles. The molecule has 82 valence electrons. The summed E-state index contributed by atoms with van der Waals surface area (Å²) in [5.41, 5.74) is -1.63. The van der Waals surface area contributed by atoms with E-state index in [0.29, 0.717) is 11.1 Å². The third kappa shape index (κ3) is 1.74. The SMILES string of the molecule is OC1(C(F)(F)F)CC(c2ccsc2)=CN1. The molecule has 0 aromatic carbocycles. The Morgan fingerprint density at radius 2 is 2.20 bits per heavy atom. The zero-order valence-electron chi connectivity index (χ0n) is 7.51. The summed E-state index contributed by atoms with van der Waals surface area (Å²) in [4.78, 5) is 0. The molecule has 2 nitrogen and oxygen atoms in total. The fourth-order valence-corrected chi connectivity index (χ4v) is 2.08. The first kappa shape index (κ1) is 10.5. The van der Waals surface area contributed by atoms with E-state index < -0.39 is 18.3 Å². The van der Waals surface area contributed by atoms with Gasteiger partial charge in [0.15, 0.2) is 0 Å². The van der Waals surface area contributed by atoms with Crippen LogP contribution >= 0.6 is 11.3 Å². The molecule has 1 aliphatic heterocycles. The first-order valence-electron chi connectivity index (χ1n) is 4.21. The normalized spacial score (nSPS) is 26.3. The number of halogens is 3. The highest BCUT2D eigenvalue weighted by Gasteiger charge is 2.55. The molecule has 2 N–H and O–H groups in total. The van der Waals surface area contributed by atoms with Gasteiger partial charge in [0.25, 0.3) is 0 Å². The van der Waals surface area contributed by atoms with Crippen LogP contribution in [0.3, 0.4) is 0 Å². The van der Waals surface area contributed by atoms with Gasteiger partial charge in [0.1, 0.15) is 0 Å². The van der Waals surface area contributed by atoms with Crippen LogP contribution in [0, 0.1) is 0 Å². The van der Waals surface area contributed by atoms with Gasteiger partial charge in [0.2, 0.25) is 5.72 Å². The molecule has 0 aliphatic carbocycles. The number of hydrogen-bond donors (Lipinski definition) is 2. The number of hydrogen-bond acceptors (Lipinski definition) is 3. The van der Waals surface area contributed by atoms with E-state index in [1.54, 1.807) is 16.8 Å². The van der Waals surface area contributed by atoms with E-state index in [2.05, 4.69) is 0 Å². The minimum atomic E-state index is -4.67. The molecule has 0 fully saturated rings. The maximum Gasteiger partial charge on any atom is 0.436 e. The summed E-state index contributed by atoms with van der Waals surface area (Å²) < 4.78 is 37.3. The van der Waals surface area contributed by atoms with E-state index in [4.69, 9.17) is 0 Å². The Bertz CT molecular complexity index is 385. The summed E-state index contributed by atoms with van der Waals surface area (Å²) in [7, 11) is 0. The first-order valence-corrected chi connectivity index (χ1v) is 5.15. The number of alkyl halides is 3. The molecule has 0 bridgehead atoms. The van der Waals surface area contributed by atoms with Crippen LogP contribution in [0.2, 0.25) is 0 Å². The van der Waals surface area contributed by atoms with Gasteiger partial charge in [-0.1, -0.05) is 0 Å². The van der Waals surface area contributed by atoms with Gasteiger partial charge < -0.3 is 10.4 Å². The molecular weight excluding hydrogens is 227 g/mol. The fraction of sp³-hybridized carbons (Fsp3) is 0.333. The van der Waals surface area contributed by atoms with Gasteiger partial charge in [0.05, 0.1) is 0 Å². The minimum Gasteiger partial charge on any atom is -0.363 e. The topological polar surface area (TPSA) is 32.3 Å². The highest BCUT2D eigenvalue weighted by atomic mass is 32.1. The maximum atomic E-state index is 12.4. The predicted molar refractivity (Wildman–Crippen MR) is 51.1 cm³/mol. The van der Waals surface area contributed by atoms with E-state index >= 15 is 0 Å². The number of aliphatic hydroxyl groups is 1. The van der Waals surface area contributed by atoms with Crippen LogP contribution < -0.4 is 5.32 Å². The summed E-state index contributed by atoms with van der Waals surface area (Å²) in [5.74, 6) is 0. The Kier molecular flexibility index (Phi) is 2.27. The molecule has 1 aromatic rings. The molecule has 1 aliphatic rings. The molecule has 0 radical (unpaired) electrons. The fourth-order valence-electron chi connectivity index (χ4n) is 1.40. The monoisotopic (exact) mass is 235 g/mol. The predicted octanol–water partition coefficient (Wildman–Crippen LogP) is 2.33. The smallest absolute Gasteiger partial charge is 0.363 e. The first-order chi connectivity index (χ1) is 6.92. The van der Waals surface area contributed by atoms with Gasteiger partial charge in [-0.3, -0.25) is 0 Å². The minimum absolute atomic E-state index is 0.451. The zero-order valence-corrected chi connectivity index (χ0v) is 8.32. The van der Waals surface area contributed by atoms with Crippen molar-refractivity contribution in [2.45, 2.75) is 18.3 Å². The summed E-state index contributed by atoms with van der Waals surface area (Å²) in [6, 6.07) is 1.72. The van der Waals surface area contributed by atoms with Crippen molar-refractivity contribution in [2.24, 2.45) is 0 Å². The Morgan fingerprint density at radius 3 is 2.67 bits per heavy atom. The quantitative estimate of drug-likeness (QED) is 0.783. The van der Waals surface area contributed by atoms with E-state index in [-0.39, 0.29) is 0 Å². The van der Waals surface area contributed by atoms with Crippen LogP contribution in [0.5, 0.6) is 0 Å². The highest BCUT2D eigenvalue weighted by molar-refractivity contribution is 7.08. The largest absolute Gasteiger partial charge is 0.436 e. The molecule has 0 spiro atoms. The average molecular weight is 235 g/mol. The van der Waals surface area contributed by atoms with E-state index in [9.17, 15) is 18.3 Å². The summed E-state index contributed by atoms with van der Waals surface area (Å²) in [6.07, 6.45) is -3.90. The lowest BCUT2D eigenvalue weighted by Gasteiger charge is -2.26. The molecule has 6 heteroatoms. The Labute approximate surface area is 88.0 Å². The molecule has 1 atom stereocenters. The van der Waals surface area contributed by atoms with Crippen LogP contribution in [0.4, 0.5) is 13.2 Å². The van der Waals surface area contributed by atoms with Crippen LogP contribution in [0.15, 0.2) is 23.0 Å². The molecule has 2 rings (SSSR count). The standard InChI is InChI=1S/C9H8F3NOS/c10-9(11,12)8(14)3-7(4-13-8)6-1-2-15-5-6/h1-2,4-5,13-14H,3H2. The average Bonchev–Trinajstić information content (AvgIpc) is 2.70. The van der Waals surface area contributed by atoms with Crippen molar-refractivity contribution in [3.63, 3.8) is 0 Å². The van der Waals surface area contributed by atoms with Gasteiger partial charge >= 0.3 is 6.18 Å². The second-order valence-corrected chi connectivity index (χ2v) is 4.14. The van der Waals surface area contributed by atoms with Crippen molar-refractivity contribution < 1.29 is 18.3 Å². The second-order valence-electron chi connectivity index (χ2n) is 3.36. The van der Waals surface area contributed by atoms with Crippen molar-refractivity contribution in [2.75, 3.05) is 0 Å². The van der Waals surface area contributed by atoms with Gasteiger partial charge in [0, 0.05) is 12.6 Å². The third-order valence-electron chi connectivity index (χ3n) is 2.29. The van der Waals surface area contributed by atoms with E-state index in [0.717, 1.165) is 0 Å². The lowest BCUT2D eigenvalue weighted by atomic mass is 10.0. The summed E-state index contributed by atoms with van der Waals surface area (Å²) in [6.45, 7) is 0. The van der Waals surface area contributed by atoms with Gasteiger partial charge in [-0.15, -0.1) is 0 Å². The van der Waals surface area contributed by atoms with Crippen molar-refractivity contribution >= 4 is 16.9 Å². The molecule has 1 aromatic heterocycles. The molecule has 1 unspecified atom stereocenters. The zero-order chi connectivity index (χ0) is 11.1. The van der Waals surface area contributed by atoms with Crippen LogP contribution in [-0.2, 0) is 0 Å². The van der Waals surface area contributed by atoms with Crippen LogP contribution in [0.25, 0.3) is 5.57 Å². The number of thiophene rings is 1. The lowest BCUT2D eigenvalue weighted by molar-refractivity contribution is -0.263. The maximum absolute atomic E-state index is 12.4. The molecular formula is C9H8F3NOS. The molecule has 15 heavy (non-hydrogen) atoms. The lowest BCUT2D eigenvalue weighted by Crippen LogP contribution is -2.52. The van der Waals surface area contributed by atoms with Crippen molar-refractivity contribution in [1.82, 2.24) is 5.32 Å². The number of rotatable bonds is 1. The molecule has 0 amide bonds. The van der Waals surface area contributed by atoms with Crippen molar-refractivity contribution in [1.29, 1.82) is 0 Å². The van der Waals surface area contributed by atoms with Gasteiger partial charge in [-0.05, 0) is 28.0 Å². The van der Waals surface area contributed by atoms with E-state index in [1.165, 1.54) is 17.5 Å². The van der Waals surface area contributed by atoms with Gasteiger partial charge in [-0.25, -0.2) is 0 Å². The molecule has 0 saturated carbocycles. The second kappa shape index (κ2) is 3.24. The summed E-state index contributed by atoms with van der Waals surface area (Å²) in [5, 5.41) is 14.8.